The number of rotatable bonds is 2. The van der Waals surface area contributed by atoms with Gasteiger partial charge in [-0.2, -0.15) is 0 Å². The van der Waals surface area contributed by atoms with Gasteiger partial charge < -0.3 is 8.97 Å². The zero-order valence-corrected chi connectivity index (χ0v) is 24.9. The molecule has 0 bridgehead atoms. The smallest absolute Gasteiger partial charge is 0.0641 e. The van der Waals surface area contributed by atoms with Crippen LogP contribution in [0, 0.1) is 0 Å². The van der Waals surface area contributed by atoms with Crippen molar-refractivity contribution in [1.82, 2.24) is 8.97 Å². The maximum absolute atomic E-state index is 2.56. The van der Waals surface area contributed by atoms with Crippen molar-refractivity contribution in [1.29, 1.82) is 0 Å². The molecule has 11 aromatic rings. The summed E-state index contributed by atoms with van der Waals surface area (Å²) in [5.74, 6) is 0. The number of hydrogen-bond acceptors (Lipinski definition) is 0. The monoisotopic (exact) mass is 582 g/mol. The van der Waals surface area contributed by atoms with Crippen LogP contribution in [0.4, 0.5) is 0 Å². The lowest BCUT2D eigenvalue weighted by Gasteiger charge is -2.19. The summed E-state index contributed by atoms with van der Waals surface area (Å²) in [4.78, 5) is 0. The predicted octanol–water partition coefficient (Wildman–Crippen LogP) is 11.9. The van der Waals surface area contributed by atoms with Gasteiger partial charge in [-0.15, -0.1) is 0 Å². The lowest BCUT2D eigenvalue weighted by Crippen LogP contribution is -1.99. The van der Waals surface area contributed by atoms with Gasteiger partial charge in [-0.25, -0.2) is 0 Å². The van der Waals surface area contributed by atoms with Gasteiger partial charge in [0, 0.05) is 37.7 Å². The Morgan fingerprint density at radius 2 is 0.804 bits per heavy atom. The molecule has 3 aromatic heterocycles. The Balaban J connectivity index is 1.44. The summed E-state index contributed by atoms with van der Waals surface area (Å²) in [6.07, 6.45) is 0. The van der Waals surface area contributed by atoms with Crippen molar-refractivity contribution in [2.24, 2.45) is 0 Å². The molecular weight excluding hydrogens is 556 g/mol. The molecular formula is C44H26N2. The van der Waals surface area contributed by atoms with Gasteiger partial charge in [0.25, 0.3) is 0 Å². The second-order valence-electron chi connectivity index (χ2n) is 12.4. The number of nitrogens with zero attached hydrogens (tertiary/aromatic N) is 2. The molecule has 46 heavy (non-hydrogen) atoms. The first-order valence-corrected chi connectivity index (χ1v) is 16.0. The zero-order chi connectivity index (χ0) is 29.9. The highest BCUT2D eigenvalue weighted by atomic mass is 15.0. The third kappa shape index (κ3) is 2.92. The van der Waals surface area contributed by atoms with Crippen LogP contribution in [-0.4, -0.2) is 8.97 Å². The van der Waals surface area contributed by atoms with Crippen LogP contribution in [0.3, 0.4) is 0 Å². The van der Waals surface area contributed by atoms with Crippen LogP contribution in [0.2, 0.25) is 0 Å². The molecule has 0 saturated carbocycles. The molecule has 0 N–H and O–H groups in total. The van der Waals surface area contributed by atoms with Gasteiger partial charge in [0.15, 0.2) is 0 Å². The molecule has 0 atom stereocenters. The first kappa shape index (κ1) is 24.2. The van der Waals surface area contributed by atoms with Gasteiger partial charge in [0.2, 0.25) is 0 Å². The Labute approximate surface area is 264 Å². The van der Waals surface area contributed by atoms with E-state index in [9.17, 15) is 0 Å². The molecule has 0 aliphatic heterocycles. The summed E-state index contributed by atoms with van der Waals surface area (Å²) in [5.41, 5.74) is 9.99. The number of fused-ring (bicyclic) bond motifs is 8. The van der Waals surface area contributed by atoms with E-state index in [1.165, 1.54) is 98.3 Å². The molecule has 0 aliphatic rings. The molecule has 8 aromatic carbocycles. The minimum Gasteiger partial charge on any atom is -0.308 e. The van der Waals surface area contributed by atoms with E-state index in [1.54, 1.807) is 0 Å². The molecule has 0 aliphatic carbocycles. The van der Waals surface area contributed by atoms with Crippen molar-refractivity contribution in [3.63, 3.8) is 0 Å². The van der Waals surface area contributed by atoms with E-state index >= 15 is 0 Å². The summed E-state index contributed by atoms with van der Waals surface area (Å²) in [6, 6.07) is 58.1. The Hall–Kier alpha value is -6.12. The van der Waals surface area contributed by atoms with Gasteiger partial charge in [0.1, 0.15) is 0 Å². The van der Waals surface area contributed by atoms with Crippen LogP contribution in [-0.2, 0) is 0 Å². The summed E-state index contributed by atoms with van der Waals surface area (Å²) in [7, 11) is 0. The van der Waals surface area contributed by atoms with Crippen molar-refractivity contribution >= 4 is 81.4 Å². The van der Waals surface area contributed by atoms with E-state index in [0.29, 0.717) is 0 Å². The molecule has 212 valence electrons. The van der Waals surface area contributed by atoms with E-state index < -0.39 is 0 Å². The Bertz CT molecular complexity index is 2960. The van der Waals surface area contributed by atoms with Crippen molar-refractivity contribution in [2.45, 2.75) is 0 Å². The van der Waals surface area contributed by atoms with Gasteiger partial charge in [-0.3, -0.25) is 0 Å². The van der Waals surface area contributed by atoms with Crippen molar-refractivity contribution in [3.05, 3.63) is 158 Å². The van der Waals surface area contributed by atoms with Crippen LogP contribution in [0.1, 0.15) is 0 Å². The summed E-state index contributed by atoms with van der Waals surface area (Å²) in [6.45, 7) is 0. The maximum atomic E-state index is 2.56. The Morgan fingerprint density at radius 3 is 1.48 bits per heavy atom. The third-order valence-corrected chi connectivity index (χ3v) is 10.2. The topological polar surface area (TPSA) is 9.34 Å². The molecule has 0 fully saturated rings. The molecule has 2 heteroatoms. The molecule has 0 spiro atoms. The fourth-order valence-electron chi connectivity index (χ4n) is 8.47. The van der Waals surface area contributed by atoms with Gasteiger partial charge >= 0.3 is 0 Å². The molecule has 0 saturated heterocycles. The van der Waals surface area contributed by atoms with Crippen LogP contribution in [0.25, 0.3) is 98.3 Å². The average Bonchev–Trinajstić information content (AvgIpc) is 3.59. The van der Waals surface area contributed by atoms with Crippen molar-refractivity contribution in [2.75, 3.05) is 0 Å². The van der Waals surface area contributed by atoms with Crippen molar-refractivity contribution in [3.8, 4) is 16.8 Å². The Morgan fingerprint density at radius 1 is 0.304 bits per heavy atom. The highest BCUT2D eigenvalue weighted by molar-refractivity contribution is 6.34. The van der Waals surface area contributed by atoms with E-state index in [2.05, 4.69) is 167 Å². The van der Waals surface area contributed by atoms with Gasteiger partial charge in [0.05, 0.1) is 33.3 Å². The number of benzene rings is 8. The van der Waals surface area contributed by atoms with Crippen LogP contribution in [0.5, 0.6) is 0 Å². The third-order valence-electron chi connectivity index (χ3n) is 10.2. The number of aromatic nitrogens is 2. The highest BCUT2D eigenvalue weighted by Crippen LogP contribution is 2.48. The molecule has 3 heterocycles. The first-order chi connectivity index (χ1) is 22.9. The average molecular weight is 583 g/mol. The fourth-order valence-corrected chi connectivity index (χ4v) is 8.47. The fraction of sp³-hybridized carbons (Fsp3) is 0. The largest absolute Gasteiger partial charge is 0.308 e. The molecule has 0 unspecified atom stereocenters. The summed E-state index contributed by atoms with van der Waals surface area (Å²) in [5, 5.41) is 12.8. The van der Waals surface area contributed by atoms with Crippen molar-refractivity contribution < 1.29 is 0 Å². The molecule has 0 amide bonds. The second-order valence-corrected chi connectivity index (χ2v) is 12.4. The standard InChI is InChI=1S/C44H26N2/c1-2-13-27(14-3-1)40-31-17-4-6-19-33(31)43(34-20-7-5-18-32(34)40)46-38-24-12-21-30-28-15-8-10-22-36(28)45-37-23-11-9-16-29(37)35-25-26-39(46)42(41(30)38)44(35)45/h1-26H. The Kier molecular flexibility index (Phi) is 4.61. The highest BCUT2D eigenvalue weighted by Gasteiger charge is 2.25. The quantitative estimate of drug-likeness (QED) is 0.179. The van der Waals surface area contributed by atoms with Crippen LogP contribution < -0.4 is 0 Å². The molecule has 0 radical (unpaired) electrons. The zero-order valence-electron chi connectivity index (χ0n) is 24.9. The second kappa shape index (κ2) is 8.74. The lowest BCUT2D eigenvalue weighted by atomic mass is 9.90. The summed E-state index contributed by atoms with van der Waals surface area (Å²) < 4.78 is 5.07. The SMILES string of the molecule is c1ccc(-c2c3ccccc3c(-n3c4cccc5c6ccccc6n6c7ccccc7c7ccc3c(c54)c76)c3ccccc23)cc1. The van der Waals surface area contributed by atoms with Gasteiger partial charge in [-0.1, -0.05) is 133 Å². The van der Waals surface area contributed by atoms with Gasteiger partial charge in [-0.05, 0) is 51.6 Å². The first-order valence-electron chi connectivity index (χ1n) is 16.0. The van der Waals surface area contributed by atoms with E-state index in [1.807, 2.05) is 0 Å². The number of para-hydroxylation sites is 2. The van der Waals surface area contributed by atoms with E-state index in [4.69, 9.17) is 0 Å². The van der Waals surface area contributed by atoms with Crippen LogP contribution >= 0.6 is 0 Å². The summed E-state index contributed by atoms with van der Waals surface area (Å²) >= 11 is 0. The molecule has 11 rings (SSSR count). The minimum absolute atomic E-state index is 1.23. The normalized spacial score (nSPS) is 12.3. The van der Waals surface area contributed by atoms with Crippen LogP contribution in [0.15, 0.2) is 158 Å². The predicted molar refractivity (Wildman–Crippen MR) is 196 cm³/mol. The minimum atomic E-state index is 1.23. The lowest BCUT2D eigenvalue weighted by molar-refractivity contribution is 1.21. The molecule has 2 nitrogen and oxygen atoms in total. The van der Waals surface area contributed by atoms with E-state index in [-0.39, 0.29) is 0 Å². The van der Waals surface area contributed by atoms with E-state index in [0.717, 1.165) is 0 Å². The maximum Gasteiger partial charge on any atom is 0.0641 e. The number of hydrogen-bond donors (Lipinski definition) is 0.